The number of rotatable bonds is 3. The van der Waals surface area contributed by atoms with E-state index < -0.39 is 0 Å². The second-order valence-electron chi connectivity index (χ2n) is 5.87. The van der Waals surface area contributed by atoms with Gasteiger partial charge in [-0.3, -0.25) is 0 Å². The van der Waals surface area contributed by atoms with Crippen LogP contribution in [0.2, 0.25) is 0 Å². The number of nitrogens with two attached hydrogens (primary N) is 1. The van der Waals surface area contributed by atoms with Crippen LogP contribution in [-0.4, -0.2) is 10.1 Å². The fourth-order valence-corrected chi connectivity index (χ4v) is 3.66. The van der Waals surface area contributed by atoms with Crippen molar-refractivity contribution in [2.45, 2.75) is 44.9 Å². The zero-order chi connectivity index (χ0) is 14.8. The van der Waals surface area contributed by atoms with Crippen LogP contribution in [-0.2, 0) is 0 Å². The minimum Gasteiger partial charge on any atom is -0.399 e. The van der Waals surface area contributed by atoms with Crippen LogP contribution in [0, 0.1) is 5.92 Å². The van der Waals surface area contributed by atoms with E-state index in [0.717, 1.165) is 28.2 Å². The lowest BCUT2D eigenvalue weighted by molar-refractivity contribution is 0.300. The van der Waals surface area contributed by atoms with E-state index >= 15 is 0 Å². The Morgan fingerprint density at radius 2 is 2.19 bits per heavy atom. The molecule has 2 unspecified atom stereocenters. The molecule has 2 aromatic rings. The van der Waals surface area contributed by atoms with Gasteiger partial charge in [0.05, 0.1) is 0 Å². The standard InChI is InChI=1S/C16H20BrN3O/c1-2-10-4-3-5-11(6-10)15-19-16(21-20-15)12-7-13(17)9-14(18)8-12/h7-11H,2-6,18H2,1H3. The smallest absolute Gasteiger partial charge is 0.258 e. The SMILES string of the molecule is CCC1CCCC(c2noc(-c3cc(N)cc(Br)c3)n2)C1. The summed E-state index contributed by atoms with van der Waals surface area (Å²) in [6, 6.07) is 5.66. The number of benzene rings is 1. The van der Waals surface area contributed by atoms with Gasteiger partial charge in [-0.2, -0.15) is 4.98 Å². The predicted molar refractivity (Wildman–Crippen MR) is 86.8 cm³/mol. The topological polar surface area (TPSA) is 64.9 Å². The normalized spacial score (nSPS) is 22.4. The molecule has 1 aliphatic rings. The highest BCUT2D eigenvalue weighted by Gasteiger charge is 2.26. The Labute approximate surface area is 133 Å². The van der Waals surface area contributed by atoms with Crippen LogP contribution in [0.4, 0.5) is 5.69 Å². The van der Waals surface area contributed by atoms with E-state index in [-0.39, 0.29) is 0 Å². The number of hydrogen-bond donors (Lipinski definition) is 1. The first kappa shape index (κ1) is 14.6. The molecule has 0 saturated heterocycles. The molecule has 0 bridgehead atoms. The quantitative estimate of drug-likeness (QED) is 0.810. The number of nitrogens with zero attached hydrogens (tertiary/aromatic N) is 2. The number of nitrogen functional groups attached to an aromatic ring is 1. The largest absolute Gasteiger partial charge is 0.399 e. The maximum absolute atomic E-state index is 5.86. The number of anilines is 1. The van der Waals surface area contributed by atoms with Crippen LogP contribution < -0.4 is 5.73 Å². The van der Waals surface area contributed by atoms with E-state index in [0.29, 0.717) is 17.5 Å². The van der Waals surface area contributed by atoms with Crippen molar-refractivity contribution in [3.05, 3.63) is 28.5 Å². The minimum atomic E-state index is 0.436. The molecule has 5 heteroatoms. The Kier molecular flexibility index (Phi) is 4.29. The van der Waals surface area contributed by atoms with Crippen LogP contribution in [0.25, 0.3) is 11.5 Å². The lowest BCUT2D eigenvalue weighted by Gasteiger charge is -2.26. The van der Waals surface area contributed by atoms with Crippen LogP contribution in [0.1, 0.15) is 50.8 Å². The molecule has 1 saturated carbocycles. The lowest BCUT2D eigenvalue weighted by atomic mass is 9.80. The Bertz CT molecular complexity index is 605. The molecule has 0 radical (unpaired) electrons. The van der Waals surface area contributed by atoms with Crippen molar-refractivity contribution in [2.75, 3.05) is 5.73 Å². The highest BCUT2D eigenvalue weighted by molar-refractivity contribution is 9.10. The molecule has 4 nitrogen and oxygen atoms in total. The number of aromatic nitrogens is 2. The summed E-state index contributed by atoms with van der Waals surface area (Å²) in [5, 5.41) is 4.20. The van der Waals surface area contributed by atoms with E-state index in [2.05, 4.69) is 33.0 Å². The molecule has 1 fully saturated rings. The van der Waals surface area contributed by atoms with Gasteiger partial charge in [0.1, 0.15) is 0 Å². The lowest BCUT2D eigenvalue weighted by Crippen LogP contribution is -2.14. The van der Waals surface area contributed by atoms with Crippen LogP contribution in [0.15, 0.2) is 27.2 Å². The molecule has 21 heavy (non-hydrogen) atoms. The Hall–Kier alpha value is -1.36. The summed E-state index contributed by atoms with van der Waals surface area (Å²) in [5.74, 6) is 2.64. The Morgan fingerprint density at radius 3 is 2.95 bits per heavy atom. The average Bonchev–Trinajstić information content (AvgIpc) is 2.96. The number of hydrogen-bond acceptors (Lipinski definition) is 4. The molecular formula is C16H20BrN3O. The van der Waals surface area contributed by atoms with Crippen molar-refractivity contribution in [1.29, 1.82) is 0 Å². The third kappa shape index (κ3) is 3.28. The van der Waals surface area contributed by atoms with E-state index in [1.54, 1.807) is 0 Å². The summed E-state index contributed by atoms with van der Waals surface area (Å²) in [6.45, 7) is 2.26. The van der Waals surface area contributed by atoms with Crippen LogP contribution in [0.3, 0.4) is 0 Å². The summed E-state index contributed by atoms with van der Waals surface area (Å²) < 4.78 is 6.36. The third-order valence-corrected chi connectivity index (χ3v) is 4.79. The molecule has 2 N–H and O–H groups in total. The molecule has 3 rings (SSSR count). The third-order valence-electron chi connectivity index (χ3n) is 4.33. The summed E-state index contributed by atoms with van der Waals surface area (Å²) in [7, 11) is 0. The predicted octanol–water partition coefficient (Wildman–Crippen LogP) is 4.77. The van der Waals surface area contributed by atoms with Crippen molar-refractivity contribution in [2.24, 2.45) is 5.92 Å². The minimum absolute atomic E-state index is 0.436. The Balaban J connectivity index is 1.82. The van der Waals surface area contributed by atoms with Crippen molar-refractivity contribution >= 4 is 21.6 Å². The number of halogens is 1. The van der Waals surface area contributed by atoms with Crippen molar-refractivity contribution in [3.63, 3.8) is 0 Å². The van der Waals surface area contributed by atoms with Gasteiger partial charge in [-0.05, 0) is 37.0 Å². The summed E-state index contributed by atoms with van der Waals surface area (Å²) in [4.78, 5) is 4.60. The van der Waals surface area contributed by atoms with Gasteiger partial charge >= 0.3 is 0 Å². The highest BCUT2D eigenvalue weighted by atomic mass is 79.9. The Morgan fingerprint density at radius 1 is 1.33 bits per heavy atom. The highest BCUT2D eigenvalue weighted by Crippen LogP contribution is 2.37. The van der Waals surface area contributed by atoms with Gasteiger partial charge in [-0.1, -0.05) is 47.3 Å². The first-order chi connectivity index (χ1) is 10.2. The van der Waals surface area contributed by atoms with Crippen molar-refractivity contribution < 1.29 is 4.52 Å². The van der Waals surface area contributed by atoms with E-state index in [4.69, 9.17) is 10.3 Å². The first-order valence-electron chi connectivity index (χ1n) is 7.55. The molecule has 0 spiro atoms. The first-order valence-corrected chi connectivity index (χ1v) is 8.35. The molecule has 1 aliphatic carbocycles. The summed E-state index contributed by atoms with van der Waals surface area (Å²) in [6.07, 6.45) is 6.17. The van der Waals surface area contributed by atoms with Gasteiger partial charge < -0.3 is 10.3 Å². The molecule has 1 heterocycles. The van der Waals surface area contributed by atoms with Gasteiger partial charge in [-0.15, -0.1) is 0 Å². The van der Waals surface area contributed by atoms with Gasteiger partial charge in [0.2, 0.25) is 0 Å². The van der Waals surface area contributed by atoms with Crippen molar-refractivity contribution in [1.82, 2.24) is 10.1 Å². The fraction of sp³-hybridized carbons (Fsp3) is 0.500. The van der Waals surface area contributed by atoms with Crippen molar-refractivity contribution in [3.8, 4) is 11.5 Å². The maximum atomic E-state index is 5.86. The molecule has 1 aromatic carbocycles. The van der Waals surface area contributed by atoms with Gasteiger partial charge in [0.25, 0.3) is 5.89 Å². The fourth-order valence-electron chi connectivity index (χ4n) is 3.15. The molecule has 2 atom stereocenters. The van der Waals surface area contributed by atoms with Crippen LogP contribution >= 0.6 is 15.9 Å². The van der Waals surface area contributed by atoms with Gasteiger partial charge in [0.15, 0.2) is 5.82 Å². The van der Waals surface area contributed by atoms with E-state index in [1.807, 2.05) is 18.2 Å². The van der Waals surface area contributed by atoms with Gasteiger partial charge in [-0.25, -0.2) is 0 Å². The van der Waals surface area contributed by atoms with E-state index in [9.17, 15) is 0 Å². The van der Waals surface area contributed by atoms with Gasteiger partial charge in [0, 0.05) is 21.6 Å². The zero-order valence-corrected chi connectivity index (χ0v) is 13.8. The monoisotopic (exact) mass is 349 g/mol. The van der Waals surface area contributed by atoms with E-state index in [1.165, 1.54) is 25.7 Å². The molecule has 112 valence electrons. The average molecular weight is 350 g/mol. The zero-order valence-electron chi connectivity index (χ0n) is 12.2. The van der Waals surface area contributed by atoms with Crippen LogP contribution in [0.5, 0.6) is 0 Å². The summed E-state index contributed by atoms with van der Waals surface area (Å²) in [5.41, 5.74) is 7.41. The second kappa shape index (κ2) is 6.18. The maximum Gasteiger partial charge on any atom is 0.258 e. The molecule has 0 aliphatic heterocycles. The summed E-state index contributed by atoms with van der Waals surface area (Å²) >= 11 is 3.44. The molecule has 0 amide bonds. The molecular weight excluding hydrogens is 330 g/mol. The second-order valence-corrected chi connectivity index (χ2v) is 6.78. The molecule has 1 aromatic heterocycles.